The first-order valence-corrected chi connectivity index (χ1v) is 6.37. The van der Waals surface area contributed by atoms with Crippen molar-refractivity contribution in [1.82, 2.24) is 5.32 Å². The fraction of sp³-hybridized carbons (Fsp3) is 0.692. The quantitative estimate of drug-likeness (QED) is 0.594. The van der Waals surface area contributed by atoms with Crippen LogP contribution in [0.5, 0.6) is 0 Å². The summed E-state index contributed by atoms with van der Waals surface area (Å²) in [5.74, 6) is -0.987. The first-order chi connectivity index (χ1) is 9.28. The highest BCUT2D eigenvalue weighted by molar-refractivity contribution is 6.08. The van der Waals surface area contributed by atoms with Gasteiger partial charge in [-0.25, -0.2) is 9.59 Å². The Morgan fingerprint density at radius 3 is 1.86 bits per heavy atom. The Labute approximate surface area is 124 Å². The molecule has 3 N–H and O–H groups in total. The largest absolute Gasteiger partial charge is 0.444 e. The van der Waals surface area contributed by atoms with Crippen LogP contribution in [0, 0.1) is 0 Å². The van der Waals surface area contributed by atoms with Crippen molar-refractivity contribution in [2.24, 2.45) is 10.7 Å². The van der Waals surface area contributed by atoms with Crippen LogP contribution >= 0.6 is 0 Å². The predicted octanol–water partition coefficient (Wildman–Crippen LogP) is 1.72. The number of carbonyl (C=O) groups is 3. The van der Waals surface area contributed by atoms with Crippen molar-refractivity contribution in [1.29, 1.82) is 0 Å². The molecular formula is C13H23N3O5. The van der Waals surface area contributed by atoms with Gasteiger partial charge in [-0.15, -0.1) is 0 Å². The lowest BCUT2D eigenvalue weighted by molar-refractivity contribution is -0.116. The Morgan fingerprint density at radius 2 is 1.48 bits per heavy atom. The van der Waals surface area contributed by atoms with Crippen molar-refractivity contribution in [3.05, 3.63) is 0 Å². The van der Waals surface area contributed by atoms with Crippen LogP contribution in [0.3, 0.4) is 0 Å². The van der Waals surface area contributed by atoms with Crippen LogP contribution in [0.1, 0.15) is 48.0 Å². The molecule has 120 valence electrons. The van der Waals surface area contributed by atoms with E-state index < -0.39 is 35.7 Å². The van der Waals surface area contributed by atoms with E-state index in [0.717, 1.165) is 0 Å². The van der Waals surface area contributed by atoms with Gasteiger partial charge in [0.05, 0.1) is 6.42 Å². The van der Waals surface area contributed by atoms with E-state index in [9.17, 15) is 14.4 Å². The third kappa shape index (κ3) is 11.4. The highest BCUT2D eigenvalue weighted by Gasteiger charge is 2.20. The third-order valence-electron chi connectivity index (χ3n) is 1.61. The fourth-order valence-electron chi connectivity index (χ4n) is 1.09. The average Bonchev–Trinajstić information content (AvgIpc) is 2.07. The van der Waals surface area contributed by atoms with Gasteiger partial charge in [0.15, 0.2) is 0 Å². The molecule has 0 heterocycles. The molecule has 0 aromatic carbocycles. The molecule has 3 amide bonds. The smallest absolute Gasteiger partial charge is 0.435 e. The number of nitrogens with zero attached hydrogens (tertiary/aromatic N) is 1. The molecule has 0 atom stereocenters. The lowest BCUT2D eigenvalue weighted by atomic mass is 10.2. The van der Waals surface area contributed by atoms with Crippen LogP contribution in [-0.4, -0.2) is 35.1 Å². The molecule has 0 aromatic rings. The van der Waals surface area contributed by atoms with Crippen LogP contribution in [0.4, 0.5) is 9.59 Å². The van der Waals surface area contributed by atoms with Crippen molar-refractivity contribution < 1.29 is 23.9 Å². The molecular weight excluding hydrogens is 278 g/mol. The molecule has 0 saturated carbocycles. The molecule has 0 aliphatic carbocycles. The van der Waals surface area contributed by atoms with Gasteiger partial charge in [-0.3, -0.25) is 10.1 Å². The highest BCUT2D eigenvalue weighted by atomic mass is 16.6. The van der Waals surface area contributed by atoms with E-state index in [0.29, 0.717) is 0 Å². The molecule has 21 heavy (non-hydrogen) atoms. The standard InChI is InChI=1S/C13H23N3O5/c1-12(2,3)20-10(18)15-9(7-8(14)17)16-11(19)21-13(4,5)6/h7H2,1-6H3,(H2,14,17)(H,15,16,18,19). The van der Waals surface area contributed by atoms with Crippen LogP contribution in [-0.2, 0) is 14.3 Å². The molecule has 0 aromatic heterocycles. The SMILES string of the molecule is CC(C)(C)OC(=O)/N=C(\CC(N)=O)NC(=O)OC(C)(C)C. The number of nitrogens with one attached hydrogen (secondary N) is 1. The number of amides is 3. The minimum atomic E-state index is -0.935. The molecule has 8 nitrogen and oxygen atoms in total. The number of alkyl carbamates (subject to hydrolysis) is 1. The number of nitrogens with two attached hydrogens (primary N) is 1. The van der Waals surface area contributed by atoms with E-state index in [2.05, 4.69) is 10.3 Å². The number of primary amides is 1. The first kappa shape index (κ1) is 18.9. The van der Waals surface area contributed by atoms with Gasteiger partial charge in [0.2, 0.25) is 5.91 Å². The average molecular weight is 301 g/mol. The molecule has 0 spiro atoms. The van der Waals surface area contributed by atoms with Gasteiger partial charge in [0.25, 0.3) is 0 Å². The summed E-state index contributed by atoms with van der Waals surface area (Å²) in [7, 11) is 0. The Balaban J connectivity index is 4.92. The van der Waals surface area contributed by atoms with Crippen LogP contribution < -0.4 is 11.1 Å². The van der Waals surface area contributed by atoms with E-state index in [4.69, 9.17) is 15.2 Å². The molecule has 0 radical (unpaired) electrons. The van der Waals surface area contributed by atoms with E-state index >= 15 is 0 Å². The second-order valence-electron chi connectivity index (χ2n) is 6.31. The molecule has 0 saturated heterocycles. The molecule has 0 aliphatic heterocycles. The molecule has 0 unspecified atom stereocenters. The summed E-state index contributed by atoms with van der Waals surface area (Å²) in [6, 6.07) is 0. The zero-order chi connectivity index (χ0) is 16.8. The van der Waals surface area contributed by atoms with E-state index in [-0.39, 0.29) is 5.84 Å². The Hall–Kier alpha value is -2.12. The zero-order valence-corrected chi connectivity index (χ0v) is 13.3. The highest BCUT2D eigenvalue weighted by Crippen LogP contribution is 2.09. The number of hydrogen-bond acceptors (Lipinski definition) is 5. The van der Waals surface area contributed by atoms with Gasteiger partial charge in [0.1, 0.15) is 17.0 Å². The zero-order valence-electron chi connectivity index (χ0n) is 13.3. The summed E-state index contributed by atoms with van der Waals surface area (Å²) < 4.78 is 9.96. The van der Waals surface area contributed by atoms with Gasteiger partial charge in [0, 0.05) is 0 Å². The summed E-state index contributed by atoms with van der Waals surface area (Å²) in [5.41, 5.74) is 3.56. The molecule has 8 heteroatoms. The fourth-order valence-corrected chi connectivity index (χ4v) is 1.09. The topological polar surface area (TPSA) is 120 Å². The maximum absolute atomic E-state index is 11.6. The first-order valence-electron chi connectivity index (χ1n) is 6.37. The van der Waals surface area contributed by atoms with Crippen molar-refractivity contribution >= 4 is 23.9 Å². The monoisotopic (exact) mass is 301 g/mol. The van der Waals surface area contributed by atoms with Crippen molar-refractivity contribution in [3.8, 4) is 0 Å². The van der Waals surface area contributed by atoms with Gasteiger partial charge in [-0.2, -0.15) is 4.99 Å². The van der Waals surface area contributed by atoms with Crippen LogP contribution in [0.15, 0.2) is 4.99 Å². The second-order valence-corrected chi connectivity index (χ2v) is 6.31. The van der Waals surface area contributed by atoms with Crippen molar-refractivity contribution in [3.63, 3.8) is 0 Å². The number of carbonyl (C=O) groups excluding carboxylic acids is 3. The Kier molecular flexibility index (Phi) is 6.34. The second kappa shape index (κ2) is 7.05. The summed E-state index contributed by atoms with van der Waals surface area (Å²) in [4.78, 5) is 37.6. The third-order valence-corrected chi connectivity index (χ3v) is 1.61. The summed E-state index contributed by atoms with van der Waals surface area (Å²) >= 11 is 0. The maximum Gasteiger partial charge on any atom is 0.435 e. The lowest BCUT2D eigenvalue weighted by Gasteiger charge is -2.20. The molecule has 0 fully saturated rings. The van der Waals surface area contributed by atoms with Gasteiger partial charge in [-0.05, 0) is 41.5 Å². The van der Waals surface area contributed by atoms with Crippen molar-refractivity contribution in [2.75, 3.05) is 0 Å². The molecule has 0 bridgehead atoms. The lowest BCUT2D eigenvalue weighted by Crippen LogP contribution is -2.38. The van der Waals surface area contributed by atoms with E-state index in [1.165, 1.54) is 0 Å². The summed E-state index contributed by atoms with van der Waals surface area (Å²) in [6.07, 6.45) is -2.20. The number of rotatable bonds is 2. The Bertz CT molecular complexity index is 444. The number of hydrogen-bond donors (Lipinski definition) is 2. The minimum Gasteiger partial charge on any atom is -0.444 e. The van der Waals surface area contributed by atoms with Crippen LogP contribution in [0.25, 0.3) is 0 Å². The van der Waals surface area contributed by atoms with Crippen molar-refractivity contribution in [2.45, 2.75) is 59.2 Å². The van der Waals surface area contributed by atoms with E-state index in [1.54, 1.807) is 41.5 Å². The maximum atomic E-state index is 11.6. The van der Waals surface area contributed by atoms with Gasteiger partial charge < -0.3 is 15.2 Å². The predicted molar refractivity (Wildman–Crippen MR) is 76.9 cm³/mol. The Morgan fingerprint density at radius 1 is 1.00 bits per heavy atom. The van der Waals surface area contributed by atoms with Gasteiger partial charge in [-0.1, -0.05) is 0 Å². The number of amidine groups is 1. The summed E-state index contributed by atoms with van der Waals surface area (Å²) in [5, 5.41) is 2.21. The normalized spacial score (nSPS) is 12.6. The van der Waals surface area contributed by atoms with E-state index in [1.807, 2.05) is 0 Å². The number of ether oxygens (including phenoxy) is 2. The molecule has 0 aliphatic rings. The van der Waals surface area contributed by atoms with Crippen LogP contribution in [0.2, 0.25) is 0 Å². The molecule has 0 rings (SSSR count). The number of aliphatic imine (C=N–C) groups is 1. The minimum absolute atomic E-state index is 0.231. The van der Waals surface area contributed by atoms with Gasteiger partial charge >= 0.3 is 12.2 Å². The summed E-state index contributed by atoms with van der Waals surface area (Å²) in [6.45, 7) is 10.0.